The standard InChI is InChI=1S/C18H17ClFN5O2/c1-9-7-18(2,25-17(22)27-9)12-6-11(3-4-14(12)20)24-16(26)15-13(19)5-10(21)8-23-15/h3-8H,21H2,1-2H3,(H2,22,25)(H,24,26)/t18-/m0/s1. The summed E-state index contributed by atoms with van der Waals surface area (Å²) in [5.74, 6) is -0.553. The first-order valence-corrected chi connectivity index (χ1v) is 8.31. The third-order valence-corrected chi connectivity index (χ3v) is 4.23. The van der Waals surface area contributed by atoms with Crippen LogP contribution in [0, 0.1) is 5.82 Å². The second-order valence-corrected chi connectivity index (χ2v) is 6.61. The summed E-state index contributed by atoms with van der Waals surface area (Å²) in [5.41, 5.74) is 11.1. The van der Waals surface area contributed by atoms with E-state index in [4.69, 9.17) is 27.8 Å². The van der Waals surface area contributed by atoms with E-state index in [-0.39, 0.29) is 22.3 Å². The number of pyridine rings is 1. The molecule has 0 bridgehead atoms. The van der Waals surface area contributed by atoms with Crippen molar-refractivity contribution in [2.45, 2.75) is 19.4 Å². The van der Waals surface area contributed by atoms with E-state index >= 15 is 0 Å². The number of hydrogen-bond donors (Lipinski definition) is 3. The van der Waals surface area contributed by atoms with Gasteiger partial charge in [0.25, 0.3) is 11.9 Å². The van der Waals surface area contributed by atoms with Crippen LogP contribution in [-0.2, 0) is 10.3 Å². The Morgan fingerprint density at radius 1 is 1.33 bits per heavy atom. The van der Waals surface area contributed by atoms with Crippen LogP contribution in [-0.4, -0.2) is 16.9 Å². The summed E-state index contributed by atoms with van der Waals surface area (Å²) in [7, 11) is 0. The topological polar surface area (TPSA) is 116 Å². The molecule has 140 valence electrons. The van der Waals surface area contributed by atoms with Crippen molar-refractivity contribution in [3.05, 3.63) is 64.4 Å². The lowest BCUT2D eigenvalue weighted by atomic mass is 9.90. The molecule has 0 saturated heterocycles. The number of rotatable bonds is 3. The van der Waals surface area contributed by atoms with Crippen molar-refractivity contribution < 1.29 is 13.9 Å². The van der Waals surface area contributed by atoms with Crippen molar-refractivity contribution >= 4 is 34.9 Å². The van der Waals surface area contributed by atoms with Gasteiger partial charge in [-0.3, -0.25) is 4.79 Å². The van der Waals surface area contributed by atoms with Crippen molar-refractivity contribution in [3.63, 3.8) is 0 Å². The van der Waals surface area contributed by atoms with Crippen LogP contribution in [0.2, 0.25) is 5.02 Å². The molecule has 0 unspecified atom stereocenters. The van der Waals surface area contributed by atoms with Gasteiger partial charge >= 0.3 is 0 Å². The molecule has 1 aromatic carbocycles. The molecule has 3 rings (SSSR count). The number of ether oxygens (including phenoxy) is 1. The zero-order chi connectivity index (χ0) is 19.8. The van der Waals surface area contributed by atoms with Crippen LogP contribution >= 0.6 is 11.6 Å². The van der Waals surface area contributed by atoms with Gasteiger partial charge in [0.15, 0.2) is 0 Å². The van der Waals surface area contributed by atoms with Gasteiger partial charge < -0.3 is 21.5 Å². The maximum Gasteiger partial charge on any atom is 0.288 e. The number of hydrogen-bond acceptors (Lipinski definition) is 6. The van der Waals surface area contributed by atoms with E-state index in [1.807, 2.05) is 0 Å². The summed E-state index contributed by atoms with van der Waals surface area (Å²) in [6.45, 7) is 3.38. The van der Waals surface area contributed by atoms with E-state index in [2.05, 4.69) is 15.3 Å². The molecule has 0 aliphatic carbocycles. The molecule has 9 heteroatoms. The Labute approximate surface area is 159 Å². The summed E-state index contributed by atoms with van der Waals surface area (Å²) in [4.78, 5) is 20.6. The number of carbonyl (C=O) groups is 1. The number of nitrogen functional groups attached to an aromatic ring is 1. The minimum absolute atomic E-state index is 0.00650. The Kier molecular flexibility index (Phi) is 4.75. The van der Waals surface area contributed by atoms with Crippen molar-refractivity contribution in [2.24, 2.45) is 10.7 Å². The Hall–Kier alpha value is -3.13. The predicted octanol–water partition coefficient (Wildman–Crippen LogP) is 3.17. The summed E-state index contributed by atoms with van der Waals surface area (Å²) >= 11 is 6.01. The second kappa shape index (κ2) is 6.88. The fourth-order valence-corrected chi connectivity index (χ4v) is 3.07. The van der Waals surface area contributed by atoms with E-state index in [0.29, 0.717) is 17.1 Å². The maximum atomic E-state index is 14.5. The molecule has 7 nitrogen and oxygen atoms in total. The number of benzene rings is 1. The molecule has 1 aliphatic rings. The van der Waals surface area contributed by atoms with Crippen LogP contribution in [0.15, 0.2) is 47.3 Å². The van der Waals surface area contributed by atoms with Gasteiger partial charge in [0.05, 0.1) is 16.9 Å². The number of amides is 1. The molecule has 0 saturated carbocycles. The van der Waals surface area contributed by atoms with Gasteiger partial charge in [-0.2, -0.15) is 0 Å². The highest BCUT2D eigenvalue weighted by molar-refractivity contribution is 6.34. The Morgan fingerprint density at radius 3 is 2.74 bits per heavy atom. The Morgan fingerprint density at radius 2 is 2.07 bits per heavy atom. The van der Waals surface area contributed by atoms with Crippen molar-refractivity contribution in [2.75, 3.05) is 11.1 Å². The van der Waals surface area contributed by atoms with Gasteiger partial charge in [-0.05, 0) is 44.2 Å². The number of amidine groups is 1. The van der Waals surface area contributed by atoms with Gasteiger partial charge in [-0.25, -0.2) is 14.4 Å². The molecule has 0 spiro atoms. The largest absolute Gasteiger partial charge is 0.431 e. The summed E-state index contributed by atoms with van der Waals surface area (Å²) in [5, 5.41) is 2.75. The molecule has 0 fully saturated rings. The van der Waals surface area contributed by atoms with Gasteiger partial charge in [-0.15, -0.1) is 0 Å². The highest BCUT2D eigenvalue weighted by atomic mass is 35.5. The average Bonchev–Trinajstić information content (AvgIpc) is 2.55. The third-order valence-electron chi connectivity index (χ3n) is 3.94. The molecule has 1 aliphatic heterocycles. The van der Waals surface area contributed by atoms with E-state index in [0.717, 1.165) is 0 Å². The highest BCUT2D eigenvalue weighted by Crippen LogP contribution is 2.34. The van der Waals surface area contributed by atoms with E-state index in [9.17, 15) is 9.18 Å². The van der Waals surface area contributed by atoms with E-state index in [1.165, 1.54) is 30.5 Å². The normalized spacial score (nSPS) is 19.0. The maximum absolute atomic E-state index is 14.5. The third kappa shape index (κ3) is 3.85. The molecular formula is C18H17ClFN5O2. The molecule has 0 radical (unpaired) electrons. The van der Waals surface area contributed by atoms with Crippen LogP contribution in [0.25, 0.3) is 0 Å². The zero-order valence-electron chi connectivity index (χ0n) is 14.6. The molecular weight excluding hydrogens is 373 g/mol. The van der Waals surface area contributed by atoms with Crippen molar-refractivity contribution in [1.29, 1.82) is 0 Å². The lowest BCUT2D eigenvalue weighted by molar-refractivity contribution is 0.102. The van der Waals surface area contributed by atoms with Crippen molar-refractivity contribution in [1.82, 2.24) is 4.98 Å². The highest BCUT2D eigenvalue weighted by Gasteiger charge is 2.31. The minimum atomic E-state index is -1.08. The molecule has 1 amide bonds. The van der Waals surface area contributed by atoms with Gasteiger partial charge in [0, 0.05) is 11.3 Å². The van der Waals surface area contributed by atoms with E-state index in [1.54, 1.807) is 19.9 Å². The second-order valence-electron chi connectivity index (χ2n) is 6.20. The summed E-state index contributed by atoms with van der Waals surface area (Å²) < 4.78 is 19.7. The van der Waals surface area contributed by atoms with Crippen LogP contribution in [0.1, 0.15) is 29.9 Å². The van der Waals surface area contributed by atoms with E-state index < -0.39 is 17.3 Å². The minimum Gasteiger partial charge on any atom is -0.431 e. The first-order chi connectivity index (χ1) is 12.7. The van der Waals surface area contributed by atoms with Crippen LogP contribution < -0.4 is 16.8 Å². The van der Waals surface area contributed by atoms with Crippen LogP contribution in [0.5, 0.6) is 0 Å². The van der Waals surface area contributed by atoms with Gasteiger partial charge in [0.1, 0.15) is 22.8 Å². The smallest absolute Gasteiger partial charge is 0.288 e. The number of carbonyl (C=O) groups excluding carboxylic acids is 1. The molecule has 2 aromatic rings. The monoisotopic (exact) mass is 389 g/mol. The Balaban J connectivity index is 1.94. The number of anilines is 2. The fourth-order valence-electron chi connectivity index (χ4n) is 2.81. The van der Waals surface area contributed by atoms with Crippen LogP contribution in [0.4, 0.5) is 15.8 Å². The van der Waals surface area contributed by atoms with Gasteiger partial charge in [-0.1, -0.05) is 11.6 Å². The molecule has 2 heterocycles. The molecule has 1 aromatic heterocycles. The quantitative estimate of drug-likeness (QED) is 0.745. The Bertz CT molecular complexity index is 972. The number of allylic oxidation sites excluding steroid dienone is 1. The lowest BCUT2D eigenvalue weighted by Crippen LogP contribution is -2.30. The molecule has 1 atom stereocenters. The molecule has 27 heavy (non-hydrogen) atoms. The number of nitrogens with two attached hydrogens (primary N) is 2. The predicted molar refractivity (Wildman–Crippen MR) is 102 cm³/mol. The number of nitrogens with zero attached hydrogens (tertiary/aromatic N) is 2. The fraction of sp³-hybridized carbons (Fsp3) is 0.167. The summed E-state index contributed by atoms with van der Waals surface area (Å²) in [6.07, 6.45) is 2.97. The number of aromatic nitrogens is 1. The van der Waals surface area contributed by atoms with Gasteiger partial charge in [0.2, 0.25) is 0 Å². The van der Waals surface area contributed by atoms with Crippen LogP contribution in [0.3, 0.4) is 0 Å². The zero-order valence-corrected chi connectivity index (χ0v) is 15.3. The first-order valence-electron chi connectivity index (χ1n) is 7.93. The number of nitrogens with one attached hydrogen (secondary N) is 1. The SMILES string of the molecule is CC1=C[C@@](C)(c2cc(NC(=O)c3ncc(N)cc3Cl)ccc2F)N=C(N)O1. The number of aliphatic imine (C=N–C) groups is 1. The summed E-state index contributed by atoms with van der Waals surface area (Å²) in [6, 6.07) is 5.49. The number of halogens is 2. The average molecular weight is 390 g/mol. The van der Waals surface area contributed by atoms with Crippen molar-refractivity contribution in [3.8, 4) is 0 Å². The lowest BCUT2D eigenvalue weighted by Gasteiger charge is -2.27. The first kappa shape index (κ1) is 18.7. The molecule has 5 N–H and O–H groups in total.